The molecule has 32 heavy (non-hydrogen) atoms. The molecule has 0 amide bonds. The van der Waals surface area contributed by atoms with Crippen molar-refractivity contribution in [1.82, 2.24) is 15.5 Å². The second-order valence-electron chi connectivity index (χ2n) is 8.88. The molecular weight excluding hydrogens is 400 g/mol. The first-order chi connectivity index (χ1) is 15.7. The van der Waals surface area contributed by atoms with Crippen LogP contribution in [0.4, 0.5) is 0 Å². The highest BCUT2D eigenvalue weighted by atomic mass is 16.5. The van der Waals surface area contributed by atoms with Crippen molar-refractivity contribution in [2.75, 3.05) is 33.4 Å². The number of benzene rings is 2. The van der Waals surface area contributed by atoms with Gasteiger partial charge in [0.1, 0.15) is 5.75 Å². The van der Waals surface area contributed by atoms with Crippen molar-refractivity contribution >= 4 is 5.96 Å². The molecule has 1 heterocycles. The van der Waals surface area contributed by atoms with Crippen LogP contribution in [0.2, 0.25) is 0 Å². The summed E-state index contributed by atoms with van der Waals surface area (Å²) in [4.78, 5) is 6.85. The summed E-state index contributed by atoms with van der Waals surface area (Å²) < 4.78 is 11.7. The predicted molar refractivity (Wildman–Crippen MR) is 129 cm³/mol. The molecule has 2 N–H and O–H groups in total. The first kappa shape index (κ1) is 22.6. The molecule has 1 aliphatic carbocycles. The third-order valence-electron chi connectivity index (χ3n) is 6.00. The van der Waals surface area contributed by atoms with Crippen molar-refractivity contribution in [3.8, 4) is 5.75 Å². The smallest absolute Gasteiger partial charge is 0.191 e. The number of nitrogens with zero attached hydrogens (tertiary/aromatic N) is 2. The monoisotopic (exact) mass is 436 g/mol. The van der Waals surface area contributed by atoms with Crippen LogP contribution in [0.25, 0.3) is 0 Å². The lowest BCUT2D eigenvalue weighted by Gasteiger charge is -2.31. The first-order valence-electron chi connectivity index (χ1n) is 11.8. The quantitative estimate of drug-likeness (QED) is 0.465. The van der Waals surface area contributed by atoms with E-state index in [1.807, 2.05) is 6.07 Å². The lowest BCUT2D eigenvalue weighted by Crippen LogP contribution is -2.40. The summed E-state index contributed by atoms with van der Waals surface area (Å²) in [6.07, 6.45) is 2.90. The molecule has 0 bridgehead atoms. The zero-order valence-electron chi connectivity index (χ0n) is 19.3. The highest BCUT2D eigenvalue weighted by Crippen LogP contribution is 2.30. The van der Waals surface area contributed by atoms with Gasteiger partial charge in [0.15, 0.2) is 5.96 Å². The third kappa shape index (κ3) is 6.97. The summed E-state index contributed by atoms with van der Waals surface area (Å²) in [6, 6.07) is 17.0. The molecule has 0 spiro atoms. The Morgan fingerprint density at radius 1 is 1.09 bits per heavy atom. The number of rotatable bonds is 9. The van der Waals surface area contributed by atoms with Gasteiger partial charge in [0.25, 0.3) is 0 Å². The van der Waals surface area contributed by atoms with E-state index in [2.05, 4.69) is 69.9 Å². The Labute approximate surface area is 192 Å². The van der Waals surface area contributed by atoms with Gasteiger partial charge in [0.05, 0.1) is 19.3 Å². The van der Waals surface area contributed by atoms with E-state index in [0.29, 0.717) is 12.6 Å². The second kappa shape index (κ2) is 11.3. The number of para-hydroxylation sites is 1. The average molecular weight is 437 g/mol. The van der Waals surface area contributed by atoms with E-state index >= 15 is 0 Å². The molecule has 4 rings (SSSR count). The van der Waals surface area contributed by atoms with Gasteiger partial charge in [-0.25, -0.2) is 0 Å². The van der Waals surface area contributed by atoms with E-state index < -0.39 is 0 Å². The maximum Gasteiger partial charge on any atom is 0.191 e. The Morgan fingerprint density at radius 2 is 1.91 bits per heavy atom. The van der Waals surface area contributed by atoms with Crippen molar-refractivity contribution < 1.29 is 9.47 Å². The van der Waals surface area contributed by atoms with Crippen molar-refractivity contribution in [3.05, 3.63) is 65.2 Å². The number of nitrogens with one attached hydrogen (secondary N) is 2. The molecule has 2 aromatic carbocycles. The summed E-state index contributed by atoms with van der Waals surface area (Å²) in [6.45, 7) is 8.14. The zero-order chi connectivity index (χ0) is 22.2. The molecule has 2 aromatic rings. The van der Waals surface area contributed by atoms with Gasteiger partial charge in [-0.2, -0.15) is 0 Å². The maximum absolute atomic E-state index is 6.03. The molecule has 0 radical (unpaired) electrons. The lowest BCUT2D eigenvalue weighted by atomic mass is 10.1. The van der Waals surface area contributed by atoms with Crippen LogP contribution in [0, 0.1) is 5.92 Å². The lowest BCUT2D eigenvalue weighted by molar-refractivity contribution is -0.0212. The van der Waals surface area contributed by atoms with Crippen LogP contribution >= 0.6 is 0 Å². The molecule has 1 saturated carbocycles. The van der Waals surface area contributed by atoms with Gasteiger partial charge in [-0.05, 0) is 42.9 Å². The number of morpholine rings is 1. The Balaban J connectivity index is 1.26. The van der Waals surface area contributed by atoms with Gasteiger partial charge in [-0.15, -0.1) is 0 Å². The van der Waals surface area contributed by atoms with Crippen molar-refractivity contribution in [1.29, 1.82) is 0 Å². The minimum Gasteiger partial charge on any atom is -0.493 e. The fourth-order valence-electron chi connectivity index (χ4n) is 4.00. The molecule has 2 aliphatic rings. The van der Waals surface area contributed by atoms with Gasteiger partial charge in [0.2, 0.25) is 0 Å². The van der Waals surface area contributed by atoms with Gasteiger partial charge >= 0.3 is 0 Å². The highest BCUT2D eigenvalue weighted by Gasteiger charge is 2.22. The Kier molecular flexibility index (Phi) is 8.02. The van der Waals surface area contributed by atoms with Gasteiger partial charge in [-0.1, -0.05) is 42.5 Å². The van der Waals surface area contributed by atoms with Crippen LogP contribution < -0.4 is 15.4 Å². The molecule has 6 heteroatoms. The molecule has 6 nitrogen and oxygen atoms in total. The fraction of sp³-hybridized carbons (Fsp3) is 0.500. The van der Waals surface area contributed by atoms with Gasteiger partial charge in [-0.3, -0.25) is 9.89 Å². The number of hydrogen-bond acceptors (Lipinski definition) is 4. The van der Waals surface area contributed by atoms with E-state index in [-0.39, 0.29) is 0 Å². The van der Waals surface area contributed by atoms with E-state index in [1.165, 1.54) is 24.0 Å². The Hall–Kier alpha value is -2.57. The van der Waals surface area contributed by atoms with E-state index in [4.69, 9.17) is 9.47 Å². The summed E-state index contributed by atoms with van der Waals surface area (Å²) in [5, 5.41) is 6.86. The Morgan fingerprint density at radius 3 is 2.72 bits per heavy atom. The van der Waals surface area contributed by atoms with E-state index in [1.54, 1.807) is 7.05 Å². The topological polar surface area (TPSA) is 58.1 Å². The summed E-state index contributed by atoms with van der Waals surface area (Å²) >= 11 is 0. The predicted octanol–water partition coefficient (Wildman–Crippen LogP) is 3.56. The van der Waals surface area contributed by atoms with Crippen molar-refractivity contribution in [2.45, 2.75) is 45.5 Å². The minimum absolute atomic E-state index is 0.312. The highest BCUT2D eigenvalue weighted by molar-refractivity contribution is 5.79. The fourth-order valence-corrected chi connectivity index (χ4v) is 4.00. The number of hydrogen-bond donors (Lipinski definition) is 2. The number of guanidine groups is 1. The number of ether oxygens (including phenoxy) is 2. The largest absolute Gasteiger partial charge is 0.493 e. The first-order valence-corrected chi connectivity index (χ1v) is 11.8. The van der Waals surface area contributed by atoms with E-state index in [9.17, 15) is 0 Å². The molecule has 1 aliphatic heterocycles. The second-order valence-corrected chi connectivity index (χ2v) is 8.88. The minimum atomic E-state index is 0.312. The molecule has 1 atom stereocenters. The average Bonchev–Trinajstić information content (AvgIpc) is 3.63. The van der Waals surface area contributed by atoms with E-state index in [0.717, 1.165) is 62.6 Å². The molecule has 172 valence electrons. The molecule has 1 saturated heterocycles. The van der Waals surface area contributed by atoms with Crippen LogP contribution in [-0.4, -0.2) is 50.3 Å². The van der Waals surface area contributed by atoms with Crippen LogP contribution in [0.15, 0.2) is 53.5 Å². The summed E-state index contributed by atoms with van der Waals surface area (Å²) in [7, 11) is 1.81. The maximum atomic E-state index is 6.03. The van der Waals surface area contributed by atoms with Crippen LogP contribution in [0.1, 0.15) is 36.5 Å². The number of aliphatic imine (C=N–C) groups is 1. The van der Waals surface area contributed by atoms with Crippen LogP contribution in [0.3, 0.4) is 0 Å². The summed E-state index contributed by atoms with van der Waals surface area (Å²) in [5.41, 5.74) is 3.74. The van der Waals surface area contributed by atoms with Crippen LogP contribution in [-0.2, 0) is 24.4 Å². The standard InChI is InChI=1S/C26H36N4O2/c1-20-17-30(12-13-31-20)18-23-7-5-6-22(14-23)15-28-26(27-2)29-16-24-8-3-4-9-25(24)32-19-21-10-11-21/h3-9,14,20-21H,10-13,15-19H2,1-2H3,(H2,27,28,29). The molecule has 1 unspecified atom stereocenters. The SMILES string of the molecule is CN=C(NCc1cccc(CN2CCOC(C)C2)c1)NCc1ccccc1OCC1CC1. The zero-order valence-corrected chi connectivity index (χ0v) is 19.3. The molecule has 0 aromatic heterocycles. The molecular formula is C26H36N4O2. The Bertz CT molecular complexity index is 897. The van der Waals surface area contributed by atoms with Crippen molar-refractivity contribution in [3.63, 3.8) is 0 Å². The van der Waals surface area contributed by atoms with Gasteiger partial charge < -0.3 is 20.1 Å². The molecule has 2 fully saturated rings. The van der Waals surface area contributed by atoms with Crippen molar-refractivity contribution in [2.24, 2.45) is 10.9 Å². The normalized spacial score (nSPS) is 19.6. The van der Waals surface area contributed by atoms with Gasteiger partial charge in [0, 0.05) is 45.3 Å². The summed E-state index contributed by atoms with van der Waals surface area (Å²) in [5.74, 6) is 2.50. The third-order valence-corrected chi connectivity index (χ3v) is 6.00. The van der Waals surface area contributed by atoms with Crippen LogP contribution in [0.5, 0.6) is 5.75 Å².